The summed E-state index contributed by atoms with van der Waals surface area (Å²) in [6.45, 7) is 1.53. The zero-order chi connectivity index (χ0) is 19.6. The summed E-state index contributed by atoms with van der Waals surface area (Å²) in [6, 6.07) is 8.03. The quantitative estimate of drug-likeness (QED) is 0.375. The molecule has 0 bridgehead atoms. The number of methoxy groups -OCH3 is 1. The fourth-order valence-corrected chi connectivity index (χ4v) is 2.71. The van der Waals surface area contributed by atoms with Crippen molar-refractivity contribution < 1.29 is 14.5 Å². The molecule has 3 rings (SSSR count). The van der Waals surface area contributed by atoms with E-state index in [2.05, 4.69) is 20.5 Å². The van der Waals surface area contributed by atoms with Crippen molar-refractivity contribution in [2.45, 2.75) is 6.92 Å². The molecule has 0 spiro atoms. The van der Waals surface area contributed by atoms with Crippen molar-refractivity contribution in [2.24, 2.45) is 0 Å². The second-order valence-corrected chi connectivity index (χ2v) is 5.92. The van der Waals surface area contributed by atoms with Gasteiger partial charge in [-0.3, -0.25) is 20.0 Å². The Morgan fingerprint density at radius 1 is 1.33 bits per heavy atom. The summed E-state index contributed by atoms with van der Waals surface area (Å²) in [5.41, 5.74) is 0.756. The third-order valence-corrected chi connectivity index (χ3v) is 4.13. The Balaban J connectivity index is 2.08. The molecule has 3 aromatic rings. The van der Waals surface area contributed by atoms with Crippen LogP contribution < -0.4 is 10.1 Å². The molecule has 0 aliphatic carbocycles. The second kappa shape index (κ2) is 7.42. The number of nitrogens with one attached hydrogen (secondary N) is 2. The van der Waals surface area contributed by atoms with Gasteiger partial charge in [0.15, 0.2) is 5.78 Å². The largest absolute Gasteiger partial charge is 0.481 e. The molecule has 27 heavy (non-hydrogen) atoms. The molecule has 0 atom stereocenters. The van der Waals surface area contributed by atoms with Crippen LogP contribution in [-0.2, 0) is 0 Å². The number of hydrogen-bond acceptors (Lipinski definition) is 7. The van der Waals surface area contributed by atoms with E-state index in [4.69, 9.17) is 16.3 Å². The van der Waals surface area contributed by atoms with Crippen LogP contribution in [0, 0.1) is 17.0 Å². The van der Waals surface area contributed by atoms with E-state index < -0.39 is 10.7 Å². The minimum absolute atomic E-state index is 0.0287. The number of carbonyl (C=O) groups is 1. The van der Waals surface area contributed by atoms with Gasteiger partial charge in [-0.25, -0.2) is 4.98 Å². The first-order valence-corrected chi connectivity index (χ1v) is 8.09. The van der Waals surface area contributed by atoms with Gasteiger partial charge in [-0.1, -0.05) is 23.7 Å². The molecule has 1 aromatic carbocycles. The van der Waals surface area contributed by atoms with Crippen LogP contribution in [0.15, 0.2) is 36.5 Å². The summed E-state index contributed by atoms with van der Waals surface area (Å²) in [5, 5.41) is 20.8. The van der Waals surface area contributed by atoms with Crippen LogP contribution in [0.4, 0.5) is 17.2 Å². The van der Waals surface area contributed by atoms with E-state index in [1.54, 1.807) is 24.3 Å². The average molecular weight is 388 g/mol. The zero-order valence-corrected chi connectivity index (χ0v) is 15.1. The first kappa shape index (κ1) is 18.3. The van der Waals surface area contributed by atoms with Crippen LogP contribution in [0.5, 0.6) is 5.88 Å². The van der Waals surface area contributed by atoms with Crippen LogP contribution in [-0.4, -0.2) is 33.0 Å². The Morgan fingerprint density at radius 2 is 2.07 bits per heavy atom. The molecular formula is C17H14ClN5O4. The van der Waals surface area contributed by atoms with Crippen molar-refractivity contribution in [3.8, 4) is 5.88 Å². The molecule has 2 N–H and O–H groups in total. The van der Waals surface area contributed by atoms with Crippen LogP contribution in [0.1, 0.15) is 21.6 Å². The molecule has 0 radical (unpaired) electrons. The number of anilines is 2. The number of aryl methyl sites for hydroxylation is 1. The Labute approximate surface area is 158 Å². The van der Waals surface area contributed by atoms with Crippen molar-refractivity contribution in [1.82, 2.24) is 15.2 Å². The number of nitrogens with zero attached hydrogens (tertiary/aromatic N) is 3. The number of aromatic nitrogens is 3. The Morgan fingerprint density at radius 3 is 2.74 bits per heavy atom. The maximum Gasteiger partial charge on any atom is 0.333 e. The molecule has 2 heterocycles. The van der Waals surface area contributed by atoms with E-state index in [0.29, 0.717) is 0 Å². The zero-order valence-electron chi connectivity index (χ0n) is 14.3. The third-order valence-electron chi connectivity index (χ3n) is 3.80. The lowest BCUT2D eigenvalue weighted by Crippen LogP contribution is -2.08. The van der Waals surface area contributed by atoms with Crippen LogP contribution >= 0.6 is 11.6 Å². The first-order valence-electron chi connectivity index (χ1n) is 7.72. The number of carbonyl (C=O) groups excluding carboxylic acids is 1. The van der Waals surface area contributed by atoms with Gasteiger partial charge in [-0.2, -0.15) is 0 Å². The highest BCUT2D eigenvalue weighted by Crippen LogP contribution is 2.32. The van der Waals surface area contributed by atoms with Gasteiger partial charge in [-0.05, 0) is 19.1 Å². The molecular weight excluding hydrogens is 374 g/mol. The molecule has 2 aromatic heterocycles. The van der Waals surface area contributed by atoms with Crippen molar-refractivity contribution in [3.05, 3.63) is 68.5 Å². The summed E-state index contributed by atoms with van der Waals surface area (Å²) in [6.07, 6.45) is 1.32. The van der Waals surface area contributed by atoms with E-state index in [0.717, 1.165) is 0 Å². The van der Waals surface area contributed by atoms with Gasteiger partial charge in [0.05, 0.1) is 28.3 Å². The molecule has 0 saturated heterocycles. The van der Waals surface area contributed by atoms with Crippen LogP contribution in [0.2, 0.25) is 5.02 Å². The minimum atomic E-state index is -0.560. The number of pyridine rings is 1. The first-order chi connectivity index (χ1) is 12.9. The molecule has 9 nitrogen and oxygen atoms in total. The predicted octanol–water partition coefficient (Wildman–Crippen LogP) is 3.66. The standard InChI is InChI=1S/C17H14ClN5O4/c1-9-15(23(25)26)17(22-21-9)20-13-7-14(27-2)19-8-11(13)16(24)10-5-3-4-6-12(10)18/h3-8H,1-2H3,(H2,19,20,21,22). The van der Waals surface area contributed by atoms with Gasteiger partial charge < -0.3 is 10.1 Å². The number of ether oxygens (including phenoxy) is 1. The molecule has 10 heteroatoms. The number of hydrogen-bond donors (Lipinski definition) is 2. The summed E-state index contributed by atoms with van der Waals surface area (Å²) in [5.74, 6) is -0.199. The fourth-order valence-electron chi connectivity index (χ4n) is 2.48. The summed E-state index contributed by atoms with van der Waals surface area (Å²) in [4.78, 5) is 27.7. The number of aromatic amines is 1. The molecule has 0 amide bonds. The highest BCUT2D eigenvalue weighted by Gasteiger charge is 2.24. The summed E-state index contributed by atoms with van der Waals surface area (Å²) < 4.78 is 5.09. The van der Waals surface area contributed by atoms with Crippen molar-refractivity contribution in [1.29, 1.82) is 0 Å². The lowest BCUT2D eigenvalue weighted by molar-refractivity contribution is -0.384. The topological polar surface area (TPSA) is 123 Å². The van der Waals surface area contributed by atoms with Gasteiger partial charge in [0.2, 0.25) is 11.7 Å². The predicted molar refractivity (Wildman–Crippen MR) is 98.9 cm³/mol. The SMILES string of the molecule is COc1cc(Nc2n[nH]c(C)c2[N+](=O)[O-])c(C(=O)c2ccccc2Cl)cn1. The van der Waals surface area contributed by atoms with Crippen LogP contribution in [0.3, 0.4) is 0 Å². The second-order valence-electron chi connectivity index (χ2n) is 5.51. The highest BCUT2D eigenvalue weighted by molar-refractivity contribution is 6.35. The Bertz CT molecular complexity index is 1030. The number of ketones is 1. The van der Waals surface area contributed by atoms with Gasteiger partial charge >= 0.3 is 5.69 Å². The highest BCUT2D eigenvalue weighted by atomic mass is 35.5. The lowest BCUT2D eigenvalue weighted by Gasteiger charge is -2.11. The maximum absolute atomic E-state index is 12.9. The third kappa shape index (κ3) is 3.58. The minimum Gasteiger partial charge on any atom is -0.481 e. The smallest absolute Gasteiger partial charge is 0.333 e. The fraction of sp³-hybridized carbons (Fsp3) is 0.118. The van der Waals surface area contributed by atoms with Gasteiger partial charge in [-0.15, -0.1) is 5.10 Å². The van der Waals surface area contributed by atoms with Crippen LogP contribution in [0.25, 0.3) is 0 Å². The van der Waals surface area contributed by atoms with Crippen molar-refractivity contribution in [3.63, 3.8) is 0 Å². The molecule has 0 unspecified atom stereocenters. The molecule has 0 aliphatic rings. The van der Waals surface area contributed by atoms with E-state index in [9.17, 15) is 14.9 Å². The molecule has 0 fully saturated rings. The van der Waals surface area contributed by atoms with E-state index in [1.165, 1.54) is 26.3 Å². The van der Waals surface area contributed by atoms with E-state index in [-0.39, 0.29) is 44.9 Å². The van der Waals surface area contributed by atoms with Crippen molar-refractivity contribution >= 4 is 34.6 Å². The number of H-pyrrole nitrogens is 1. The van der Waals surface area contributed by atoms with E-state index in [1.807, 2.05) is 0 Å². The monoisotopic (exact) mass is 387 g/mol. The number of halogens is 1. The summed E-state index contributed by atoms with van der Waals surface area (Å²) >= 11 is 6.12. The number of nitro groups is 1. The maximum atomic E-state index is 12.9. The molecule has 138 valence electrons. The number of rotatable bonds is 6. The van der Waals surface area contributed by atoms with E-state index >= 15 is 0 Å². The van der Waals surface area contributed by atoms with Crippen molar-refractivity contribution in [2.75, 3.05) is 12.4 Å². The van der Waals surface area contributed by atoms with Gasteiger partial charge in [0, 0.05) is 17.8 Å². The average Bonchev–Trinajstić information content (AvgIpc) is 3.02. The van der Waals surface area contributed by atoms with Gasteiger partial charge in [0.1, 0.15) is 5.69 Å². The Kier molecular flexibility index (Phi) is 5.04. The molecule has 0 saturated carbocycles. The molecule has 0 aliphatic heterocycles. The van der Waals surface area contributed by atoms with Gasteiger partial charge in [0.25, 0.3) is 0 Å². The Hall–Kier alpha value is -3.46. The number of benzene rings is 1. The normalized spacial score (nSPS) is 10.5. The lowest BCUT2D eigenvalue weighted by atomic mass is 10.0. The summed E-state index contributed by atoms with van der Waals surface area (Å²) in [7, 11) is 1.42.